The van der Waals surface area contributed by atoms with E-state index in [2.05, 4.69) is 27.7 Å². The van der Waals surface area contributed by atoms with Crippen LogP contribution in [0.2, 0.25) is 0 Å². The van der Waals surface area contributed by atoms with E-state index in [1.165, 1.54) is 25.7 Å². The molecular formula is C27H47NO7. The van der Waals surface area contributed by atoms with Crippen molar-refractivity contribution in [3.05, 3.63) is 5.21 Å². The molecule has 0 amide bonds. The van der Waals surface area contributed by atoms with Crippen LogP contribution in [0.3, 0.4) is 0 Å². The predicted octanol–water partition coefficient (Wildman–Crippen LogP) is 5.55. The first-order valence-electron chi connectivity index (χ1n) is 13.8. The van der Waals surface area contributed by atoms with Crippen LogP contribution in [-0.4, -0.2) is 48.2 Å². The van der Waals surface area contributed by atoms with E-state index in [0.29, 0.717) is 17.8 Å². The van der Waals surface area contributed by atoms with Gasteiger partial charge in [0.25, 0.3) is 0 Å². The third-order valence-electron chi connectivity index (χ3n) is 7.22. The van der Waals surface area contributed by atoms with Crippen LogP contribution >= 0.6 is 0 Å². The average Bonchev–Trinajstić information content (AvgIpc) is 3.15. The minimum Gasteiger partial charge on any atom is -0.458 e. The lowest BCUT2D eigenvalue weighted by Gasteiger charge is -2.38. The molecule has 1 aliphatic heterocycles. The summed E-state index contributed by atoms with van der Waals surface area (Å²) in [7, 11) is 0. The van der Waals surface area contributed by atoms with Crippen molar-refractivity contribution < 1.29 is 33.5 Å². The van der Waals surface area contributed by atoms with Crippen LogP contribution in [0.4, 0.5) is 0 Å². The van der Waals surface area contributed by atoms with Crippen molar-refractivity contribution in [3.63, 3.8) is 0 Å². The van der Waals surface area contributed by atoms with Crippen molar-refractivity contribution in [3.8, 4) is 0 Å². The molecule has 1 saturated carbocycles. The van der Waals surface area contributed by atoms with Crippen molar-refractivity contribution in [2.45, 2.75) is 118 Å². The van der Waals surface area contributed by atoms with Crippen LogP contribution in [0.5, 0.6) is 0 Å². The highest BCUT2D eigenvalue weighted by Gasteiger charge is 2.50. The summed E-state index contributed by atoms with van der Waals surface area (Å²) < 4.78 is 17.0. The van der Waals surface area contributed by atoms with Crippen LogP contribution in [0, 0.1) is 28.9 Å². The van der Waals surface area contributed by atoms with E-state index < -0.39 is 24.1 Å². The van der Waals surface area contributed by atoms with Crippen LogP contribution in [0.1, 0.15) is 105 Å². The number of esters is 2. The maximum absolute atomic E-state index is 12.9. The molecule has 0 unspecified atom stereocenters. The van der Waals surface area contributed by atoms with E-state index in [-0.39, 0.29) is 36.4 Å². The van der Waals surface area contributed by atoms with E-state index >= 15 is 0 Å². The highest BCUT2D eigenvalue weighted by molar-refractivity contribution is 6.35. The normalized spacial score (nSPS) is 27.5. The van der Waals surface area contributed by atoms with Gasteiger partial charge < -0.3 is 19.0 Å². The quantitative estimate of drug-likeness (QED) is 0.0962. The number of rotatable bonds is 15. The van der Waals surface area contributed by atoms with Gasteiger partial charge in [0.2, 0.25) is 6.29 Å². The van der Waals surface area contributed by atoms with Gasteiger partial charge in [-0.15, -0.1) is 0 Å². The van der Waals surface area contributed by atoms with E-state index in [9.17, 15) is 14.8 Å². The fourth-order valence-corrected chi connectivity index (χ4v) is 5.17. The zero-order chi connectivity index (χ0) is 25.8. The molecule has 0 spiro atoms. The van der Waals surface area contributed by atoms with Gasteiger partial charge in [0, 0.05) is 4.90 Å². The van der Waals surface area contributed by atoms with Crippen molar-refractivity contribution in [2.75, 3.05) is 13.2 Å². The number of hydrogen-bond donors (Lipinski definition) is 0. The Kier molecular flexibility index (Phi) is 12.9. The van der Waals surface area contributed by atoms with E-state index in [4.69, 9.17) is 19.0 Å². The number of carbonyl (C=O) groups is 2. The number of carbonyl (C=O) groups excluding carboxylic acids is 2. The minimum atomic E-state index is -1.00. The van der Waals surface area contributed by atoms with Gasteiger partial charge >= 0.3 is 17.7 Å². The van der Waals surface area contributed by atoms with Gasteiger partial charge in [-0.25, -0.2) is 4.79 Å². The van der Waals surface area contributed by atoms with Crippen LogP contribution in [0.15, 0.2) is 0 Å². The number of cyclic esters (lactones) is 1. The summed E-state index contributed by atoms with van der Waals surface area (Å²) in [6.07, 6.45) is 9.42. The van der Waals surface area contributed by atoms with Crippen molar-refractivity contribution >= 4 is 17.7 Å². The summed E-state index contributed by atoms with van der Waals surface area (Å²) in [5, 5.41) is 12.9. The fraction of sp³-hybridized carbons (Fsp3) is 0.889. The lowest BCUT2D eigenvalue weighted by atomic mass is 9.75. The zero-order valence-electron chi connectivity index (χ0n) is 22.5. The lowest BCUT2D eigenvalue weighted by Crippen LogP contribution is -2.43. The molecule has 5 atom stereocenters. The Bertz CT molecular complexity index is 693. The molecule has 2 fully saturated rings. The Morgan fingerprint density at radius 1 is 1.11 bits per heavy atom. The molecular weight excluding hydrogens is 450 g/mol. The average molecular weight is 498 g/mol. The summed E-state index contributed by atoms with van der Waals surface area (Å²) in [6.45, 7) is 10.7. The molecule has 0 aromatic rings. The molecule has 0 aromatic carbocycles. The standard InChI is InChI=1S/C27H47NO7/c1-6-8-9-10-11-12-13-16-33-28(31)25(26(30)32-7-2)22-18-24(29)35-27(22)34-23-17-20(5)14-15-21(23)19(3)4/h19-23,27H,6-18H2,1-5H3/b28-25-/t20-,21+,22-,23-,27-/m1/s1. The number of ether oxygens (including phenoxy) is 3. The van der Waals surface area contributed by atoms with E-state index in [1.54, 1.807) is 6.92 Å². The summed E-state index contributed by atoms with van der Waals surface area (Å²) >= 11 is 0. The van der Waals surface area contributed by atoms with Crippen molar-refractivity contribution in [1.82, 2.24) is 0 Å². The second kappa shape index (κ2) is 15.3. The van der Waals surface area contributed by atoms with Gasteiger partial charge in [0.15, 0.2) is 0 Å². The molecule has 2 rings (SSSR count). The highest BCUT2D eigenvalue weighted by atomic mass is 16.9. The molecule has 8 heteroatoms. The Morgan fingerprint density at radius 3 is 2.46 bits per heavy atom. The monoisotopic (exact) mass is 497 g/mol. The number of unbranched alkanes of at least 4 members (excludes halogenated alkanes) is 6. The molecule has 35 heavy (non-hydrogen) atoms. The summed E-state index contributed by atoms with van der Waals surface area (Å²) in [4.78, 5) is 30.7. The second-order valence-electron chi connectivity index (χ2n) is 10.5. The van der Waals surface area contributed by atoms with Crippen LogP contribution in [-0.2, 0) is 28.6 Å². The predicted molar refractivity (Wildman–Crippen MR) is 133 cm³/mol. The SMILES string of the molecule is CCCCCCCCCO/[N+]([O-])=C(\C(=O)OCC)[C@H]1CC(=O)O[C@H]1O[C@@H]1C[C@H](C)CC[C@H]1C(C)C. The van der Waals surface area contributed by atoms with Crippen LogP contribution in [0.25, 0.3) is 0 Å². The fourth-order valence-electron chi connectivity index (χ4n) is 5.17. The third-order valence-corrected chi connectivity index (χ3v) is 7.22. The zero-order valence-corrected chi connectivity index (χ0v) is 22.5. The maximum Gasteiger partial charge on any atom is 0.405 e. The topological polar surface area (TPSA) is 97.1 Å². The summed E-state index contributed by atoms with van der Waals surface area (Å²) in [5.74, 6) is -0.908. The Morgan fingerprint density at radius 2 is 1.80 bits per heavy atom. The van der Waals surface area contributed by atoms with E-state index in [1.807, 2.05) is 0 Å². The van der Waals surface area contributed by atoms with Gasteiger partial charge in [-0.2, -0.15) is 0 Å². The van der Waals surface area contributed by atoms with Crippen LogP contribution < -0.4 is 0 Å². The summed E-state index contributed by atoms with van der Waals surface area (Å²) in [6, 6.07) is 0. The lowest BCUT2D eigenvalue weighted by molar-refractivity contribution is -0.742. The molecule has 0 aromatic heterocycles. The Hall–Kier alpha value is -1.83. The highest BCUT2D eigenvalue weighted by Crippen LogP contribution is 2.38. The smallest absolute Gasteiger partial charge is 0.405 e. The van der Waals surface area contributed by atoms with Crippen molar-refractivity contribution in [1.29, 1.82) is 0 Å². The molecule has 0 bridgehead atoms. The van der Waals surface area contributed by atoms with Gasteiger partial charge in [-0.05, 0) is 43.9 Å². The maximum atomic E-state index is 12.9. The molecule has 1 saturated heterocycles. The Balaban J connectivity index is 2.09. The third kappa shape index (κ3) is 9.28. The molecule has 2 aliphatic rings. The molecule has 1 aliphatic carbocycles. The largest absolute Gasteiger partial charge is 0.458 e. The molecule has 0 radical (unpaired) electrons. The molecule has 0 N–H and O–H groups in total. The van der Waals surface area contributed by atoms with E-state index in [0.717, 1.165) is 38.5 Å². The molecule has 1 heterocycles. The second-order valence-corrected chi connectivity index (χ2v) is 10.5. The summed E-state index contributed by atoms with van der Waals surface area (Å²) in [5.41, 5.74) is -0.254. The minimum absolute atomic E-state index is 0.102. The van der Waals surface area contributed by atoms with Gasteiger partial charge in [-0.3, -0.25) is 10.0 Å². The van der Waals surface area contributed by atoms with Crippen molar-refractivity contribution in [2.24, 2.45) is 23.7 Å². The van der Waals surface area contributed by atoms with Gasteiger partial charge in [0.1, 0.15) is 5.92 Å². The molecule has 202 valence electrons. The number of nitrogens with zero attached hydrogens (tertiary/aromatic N) is 1. The molecule has 8 nitrogen and oxygen atoms in total. The number of hydrogen-bond acceptors (Lipinski definition) is 7. The first-order valence-corrected chi connectivity index (χ1v) is 13.8. The first-order chi connectivity index (χ1) is 16.8. The van der Waals surface area contributed by atoms with Gasteiger partial charge in [0.05, 0.1) is 25.7 Å². The first kappa shape index (κ1) is 29.4. The Labute approximate surface area is 211 Å². The van der Waals surface area contributed by atoms with Gasteiger partial charge in [-0.1, -0.05) is 72.6 Å².